The van der Waals surface area contributed by atoms with Gasteiger partial charge in [0.25, 0.3) is 0 Å². The molecule has 0 unspecified atom stereocenters. The van der Waals surface area contributed by atoms with Crippen LogP contribution in [0.25, 0.3) is 5.69 Å². The van der Waals surface area contributed by atoms with Crippen molar-refractivity contribution in [3.05, 3.63) is 46.5 Å². The van der Waals surface area contributed by atoms with Gasteiger partial charge in [-0.05, 0) is 12.5 Å². The molecule has 0 radical (unpaired) electrons. The average Bonchev–Trinajstić information content (AvgIpc) is 2.93. The lowest BCUT2D eigenvalue weighted by molar-refractivity contribution is -0.385. The molecule has 7 heteroatoms. The van der Waals surface area contributed by atoms with Crippen LogP contribution in [0, 0.1) is 21.4 Å². The molecule has 0 atom stereocenters. The van der Waals surface area contributed by atoms with Crippen molar-refractivity contribution in [2.75, 3.05) is 6.61 Å². The second-order valence-electron chi connectivity index (χ2n) is 3.99. The second-order valence-corrected chi connectivity index (χ2v) is 3.99. The molecule has 2 rings (SSSR count). The Hall–Kier alpha value is -2.88. The zero-order valence-electron chi connectivity index (χ0n) is 10.8. The van der Waals surface area contributed by atoms with Gasteiger partial charge in [-0.2, -0.15) is 5.26 Å². The van der Waals surface area contributed by atoms with Crippen LogP contribution in [0.15, 0.2) is 30.6 Å². The molecule has 1 aromatic carbocycles. The summed E-state index contributed by atoms with van der Waals surface area (Å²) in [7, 11) is 0. The fourth-order valence-corrected chi connectivity index (χ4v) is 1.73. The van der Waals surface area contributed by atoms with E-state index in [-0.39, 0.29) is 17.3 Å². The number of nitrogens with zero attached hydrogens (tertiary/aromatic N) is 4. The summed E-state index contributed by atoms with van der Waals surface area (Å²) in [5.41, 5.74) is 0.497. The van der Waals surface area contributed by atoms with Gasteiger partial charge >= 0.3 is 5.69 Å². The summed E-state index contributed by atoms with van der Waals surface area (Å²) in [5, 5.41) is 19.9. The van der Waals surface area contributed by atoms with Crippen molar-refractivity contribution in [3.8, 4) is 17.5 Å². The SMILES string of the molecule is CCCOc1cc(-n2ccnc2C#N)ccc1[N+](=O)[O-]. The van der Waals surface area contributed by atoms with Crippen LogP contribution in [0.5, 0.6) is 5.75 Å². The Kier molecular flexibility index (Phi) is 3.96. The number of nitriles is 1. The number of ether oxygens (including phenoxy) is 1. The maximum absolute atomic E-state index is 11.0. The number of nitro benzene ring substituents is 1. The van der Waals surface area contributed by atoms with Gasteiger partial charge in [0.2, 0.25) is 5.82 Å². The van der Waals surface area contributed by atoms with Gasteiger partial charge in [0.05, 0.1) is 17.2 Å². The summed E-state index contributed by atoms with van der Waals surface area (Å²) in [6.45, 7) is 2.30. The highest BCUT2D eigenvalue weighted by molar-refractivity contribution is 5.53. The standard InChI is InChI=1S/C13H12N4O3/c1-2-7-20-12-8-10(3-4-11(12)17(18)19)16-6-5-15-13(16)9-14/h3-6,8H,2,7H2,1H3. The fourth-order valence-electron chi connectivity index (χ4n) is 1.73. The van der Waals surface area contributed by atoms with Crippen LogP contribution < -0.4 is 4.74 Å². The molecular weight excluding hydrogens is 260 g/mol. The minimum Gasteiger partial charge on any atom is -0.487 e. The van der Waals surface area contributed by atoms with Crippen LogP contribution >= 0.6 is 0 Å². The van der Waals surface area contributed by atoms with Crippen molar-refractivity contribution < 1.29 is 9.66 Å². The summed E-state index contributed by atoms with van der Waals surface area (Å²) >= 11 is 0. The van der Waals surface area contributed by atoms with E-state index in [4.69, 9.17) is 10.00 Å². The Labute approximate surface area is 115 Å². The third-order valence-corrected chi connectivity index (χ3v) is 2.62. The monoisotopic (exact) mass is 272 g/mol. The van der Waals surface area contributed by atoms with E-state index in [0.29, 0.717) is 12.3 Å². The quantitative estimate of drug-likeness (QED) is 0.615. The zero-order valence-corrected chi connectivity index (χ0v) is 10.8. The van der Waals surface area contributed by atoms with E-state index in [1.807, 2.05) is 13.0 Å². The number of rotatable bonds is 5. The molecule has 0 N–H and O–H groups in total. The van der Waals surface area contributed by atoms with E-state index in [0.717, 1.165) is 6.42 Å². The lowest BCUT2D eigenvalue weighted by atomic mass is 10.2. The molecule has 0 aliphatic carbocycles. The molecule has 0 fully saturated rings. The van der Waals surface area contributed by atoms with Crippen molar-refractivity contribution >= 4 is 5.69 Å². The first-order valence-electron chi connectivity index (χ1n) is 6.02. The first-order valence-corrected chi connectivity index (χ1v) is 6.02. The van der Waals surface area contributed by atoms with Crippen LogP contribution in [0.4, 0.5) is 5.69 Å². The molecule has 20 heavy (non-hydrogen) atoms. The smallest absolute Gasteiger partial charge is 0.311 e. The van der Waals surface area contributed by atoms with Gasteiger partial charge in [0.15, 0.2) is 5.75 Å². The molecule has 2 aromatic rings. The third-order valence-electron chi connectivity index (χ3n) is 2.62. The van der Waals surface area contributed by atoms with Crippen molar-refractivity contribution in [1.82, 2.24) is 9.55 Å². The highest BCUT2D eigenvalue weighted by Gasteiger charge is 2.17. The second kappa shape index (κ2) is 5.84. The molecule has 0 aliphatic rings. The van der Waals surface area contributed by atoms with Gasteiger partial charge in [0.1, 0.15) is 6.07 Å². The fraction of sp³-hybridized carbons (Fsp3) is 0.231. The van der Waals surface area contributed by atoms with Crippen LogP contribution in [-0.2, 0) is 0 Å². The number of benzene rings is 1. The lowest BCUT2D eigenvalue weighted by Gasteiger charge is -2.09. The molecular formula is C13H12N4O3. The van der Waals surface area contributed by atoms with Gasteiger partial charge in [-0.3, -0.25) is 14.7 Å². The average molecular weight is 272 g/mol. The Bertz CT molecular complexity index is 672. The molecule has 0 aliphatic heterocycles. The number of nitro groups is 1. The number of aromatic nitrogens is 2. The summed E-state index contributed by atoms with van der Waals surface area (Å²) in [5.74, 6) is 0.396. The van der Waals surface area contributed by atoms with Crippen LogP contribution in [-0.4, -0.2) is 21.1 Å². The Morgan fingerprint density at radius 2 is 2.35 bits per heavy atom. The number of hydrogen-bond acceptors (Lipinski definition) is 5. The molecule has 102 valence electrons. The molecule has 0 bridgehead atoms. The Morgan fingerprint density at radius 3 is 3.00 bits per heavy atom. The van der Waals surface area contributed by atoms with E-state index in [1.165, 1.54) is 18.3 Å². The minimum absolute atomic E-state index is 0.0965. The topological polar surface area (TPSA) is 94.0 Å². The van der Waals surface area contributed by atoms with E-state index in [1.54, 1.807) is 16.8 Å². The third kappa shape index (κ3) is 2.59. The predicted octanol–water partition coefficient (Wildman–Crippen LogP) is 2.44. The maximum Gasteiger partial charge on any atom is 0.311 e. The molecule has 0 amide bonds. The van der Waals surface area contributed by atoms with Crippen molar-refractivity contribution in [3.63, 3.8) is 0 Å². The van der Waals surface area contributed by atoms with Gasteiger partial charge in [-0.25, -0.2) is 4.98 Å². The molecule has 0 spiro atoms. The molecule has 0 saturated heterocycles. The highest BCUT2D eigenvalue weighted by atomic mass is 16.6. The summed E-state index contributed by atoms with van der Waals surface area (Å²) in [6.07, 6.45) is 3.85. The molecule has 1 heterocycles. The first-order chi connectivity index (χ1) is 9.67. The van der Waals surface area contributed by atoms with Crippen molar-refractivity contribution in [2.24, 2.45) is 0 Å². The summed E-state index contributed by atoms with van der Waals surface area (Å²) in [4.78, 5) is 14.4. The van der Waals surface area contributed by atoms with Crippen molar-refractivity contribution in [2.45, 2.75) is 13.3 Å². The largest absolute Gasteiger partial charge is 0.487 e. The molecule has 0 saturated carbocycles. The Morgan fingerprint density at radius 1 is 1.55 bits per heavy atom. The Balaban J connectivity index is 2.47. The summed E-state index contributed by atoms with van der Waals surface area (Å²) < 4.78 is 6.95. The van der Waals surface area contributed by atoms with Gasteiger partial charge in [-0.15, -0.1) is 0 Å². The summed E-state index contributed by atoms with van der Waals surface area (Å²) in [6, 6.07) is 6.41. The number of imidazole rings is 1. The maximum atomic E-state index is 11.0. The number of hydrogen-bond donors (Lipinski definition) is 0. The predicted molar refractivity (Wildman–Crippen MR) is 70.7 cm³/mol. The van der Waals surface area contributed by atoms with E-state index in [9.17, 15) is 10.1 Å². The lowest BCUT2D eigenvalue weighted by Crippen LogP contribution is -2.02. The van der Waals surface area contributed by atoms with Crippen LogP contribution in [0.1, 0.15) is 19.2 Å². The highest BCUT2D eigenvalue weighted by Crippen LogP contribution is 2.29. The first kappa shape index (κ1) is 13.5. The molecule has 1 aromatic heterocycles. The van der Waals surface area contributed by atoms with Crippen LogP contribution in [0.2, 0.25) is 0 Å². The zero-order chi connectivity index (χ0) is 14.5. The van der Waals surface area contributed by atoms with Crippen molar-refractivity contribution in [1.29, 1.82) is 5.26 Å². The van der Waals surface area contributed by atoms with Gasteiger partial charge in [0, 0.05) is 24.5 Å². The normalized spacial score (nSPS) is 10.0. The molecule has 7 nitrogen and oxygen atoms in total. The van der Waals surface area contributed by atoms with Crippen LogP contribution in [0.3, 0.4) is 0 Å². The van der Waals surface area contributed by atoms with E-state index >= 15 is 0 Å². The van der Waals surface area contributed by atoms with Gasteiger partial charge < -0.3 is 4.74 Å². The van der Waals surface area contributed by atoms with Gasteiger partial charge in [-0.1, -0.05) is 6.92 Å². The minimum atomic E-state index is -0.492. The van der Waals surface area contributed by atoms with E-state index < -0.39 is 4.92 Å². The van der Waals surface area contributed by atoms with E-state index in [2.05, 4.69) is 4.98 Å².